The highest BCUT2D eigenvalue weighted by Crippen LogP contribution is 2.15. The summed E-state index contributed by atoms with van der Waals surface area (Å²) >= 11 is 0. The van der Waals surface area contributed by atoms with Crippen molar-refractivity contribution in [1.29, 1.82) is 0 Å². The Bertz CT molecular complexity index is 696. The van der Waals surface area contributed by atoms with Crippen LogP contribution in [0.5, 0.6) is 0 Å². The minimum absolute atomic E-state index is 0.141. The van der Waals surface area contributed by atoms with E-state index < -0.39 is 0 Å². The lowest BCUT2D eigenvalue weighted by Gasteiger charge is -2.21. The van der Waals surface area contributed by atoms with Crippen molar-refractivity contribution in [2.75, 3.05) is 19.7 Å². The maximum Gasteiger partial charge on any atom is 0.272 e. The van der Waals surface area contributed by atoms with Crippen LogP contribution in [0.25, 0.3) is 11.8 Å². The van der Waals surface area contributed by atoms with Crippen molar-refractivity contribution in [3.05, 3.63) is 41.5 Å². The highest BCUT2D eigenvalue weighted by atomic mass is 19.1. The van der Waals surface area contributed by atoms with Crippen molar-refractivity contribution in [1.82, 2.24) is 25.1 Å². The molecule has 0 spiro atoms. The molecule has 0 radical (unpaired) electrons. The zero-order valence-electron chi connectivity index (χ0n) is 13.0. The molecule has 0 bridgehead atoms. The Hall–Kier alpha value is -2.61. The number of aryl methyl sites for hydroxylation is 1. The molecule has 0 aliphatic rings. The summed E-state index contributed by atoms with van der Waals surface area (Å²) in [5.41, 5.74) is 0.874. The van der Waals surface area contributed by atoms with Gasteiger partial charge in [0.05, 0.1) is 6.61 Å². The van der Waals surface area contributed by atoms with Crippen LogP contribution in [0.3, 0.4) is 0 Å². The number of likely N-dealkylation sites (N-methyl/N-ethyl adjacent to an activating group) is 1. The summed E-state index contributed by atoms with van der Waals surface area (Å²) in [5.74, 6) is -0.225. The molecule has 0 fully saturated rings. The van der Waals surface area contributed by atoms with Gasteiger partial charge >= 0.3 is 0 Å². The third-order valence-electron chi connectivity index (χ3n) is 3.28. The lowest BCUT2D eigenvalue weighted by atomic mass is 10.1. The molecule has 0 aliphatic carbocycles. The average Bonchev–Trinajstić information content (AvgIpc) is 2.97. The Morgan fingerprint density at radius 3 is 2.61 bits per heavy atom. The fourth-order valence-electron chi connectivity index (χ4n) is 2.07. The maximum atomic E-state index is 13.0. The summed E-state index contributed by atoms with van der Waals surface area (Å²) in [5, 5.41) is 20.3. The molecule has 1 amide bonds. The van der Waals surface area contributed by atoms with Gasteiger partial charge in [0.2, 0.25) is 0 Å². The first kappa shape index (κ1) is 16.8. The fraction of sp³-hybridized carbons (Fsp3) is 0.333. The molecule has 2 rings (SSSR count). The average molecular weight is 319 g/mol. The highest BCUT2D eigenvalue weighted by Gasteiger charge is 2.21. The van der Waals surface area contributed by atoms with Crippen LogP contribution in [-0.2, 0) is 4.79 Å². The van der Waals surface area contributed by atoms with Crippen LogP contribution in [0.15, 0.2) is 24.3 Å². The summed E-state index contributed by atoms with van der Waals surface area (Å²) in [4.78, 5) is 14.2. The number of hydrogen-bond acceptors (Lipinski definition) is 5. The maximum absolute atomic E-state index is 13.0. The molecule has 1 aromatic carbocycles. The first-order chi connectivity index (χ1) is 11.1. The second-order valence-corrected chi connectivity index (χ2v) is 4.83. The summed E-state index contributed by atoms with van der Waals surface area (Å²) in [6, 6.07) is 5.74. The molecule has 1 heterocycles. The topological polar surface area (TPSA) is 84.1 Å². The van der Waals surface area contributed by atoms with Gasteiger partial charge in [-0.3, -0.25) is 4.79 Å². The number of rotatable bonds is 6. The molecule has 0 unspecified atom stereocenters. The van der Waals surface area contributed by atoms with E-state index >= 15 is 0 Å². The van der Waals surface area contributed by atoms with Crippen LogP contribution in [0.2, 0.25) is 0 Å². The van der Waals surface area contributed by atoms with Gasteiger partial charge in [0, 0.05) is 13.1 Å². The normalized spacial score (nSPS) is 11.6. The Balaban J connectivity index is 2.46. The van der Waals surface area contributed by atoms with Gasteiger partial charge in [0.15, 0.2) is 5.82 Å². The number of aliphatic hydroxyl groups excluding tert-OH is 1. The van der Waals surface area contributed by atoms with Gasteiger partial charge in [-0.05, 0) is 48.0 Å². The van der Waals surface area contributed by atoms with Crippen molar-refractivity contribution < 1.29 is 14.3 Å². The highest BCUT2D eigenvalue weighted by molar-refractivity contribution is 6.18. The molecule has 0 atom stereocenters. The van der Waals surface area contributed by atoms with E-state index in [4.69, 9.17) is 5.11 Å². The number of nitrogens with zero attached hydrogens (tertiary/aromatic N) is 5. The van der Waals surface area contributed by atoms with Crippen LogP contribution in [-0.4, -0.2) is 55.8 Å². The van der Waals surface area contributed by atoms with Gasteiger partial charge in [0.25, 0.3) is 5.91 Å². The molecule has 122 valence electrons. The predicted molar refractivity (Wildman–Crippen MR) is 82.5 cm³/mol. The van der Waals surface area contributed by atoms with Crippen molar-refractivity contribution in [3.63, 3.8) is 0 Å². The monoisotopic (exact) mass is 319 g/mol. The second-order valence-electron chi connectivity index (χ2n) is 4.83. The van der Waals surface area contributed by atoms with Crippen LogP contribution < -0.4 is 0 Å². The smallest absolute Gasteiger partial charge is 0.272 e. The fourth-order valence-corrected chi connectivity index (χ4v) is 2.07. The molecule has 2 aromatic rings. The summed E-state index contributed by atoms with van der Waals surface area (Å²) < 4.78 is 14.4. The van der Waals surface area contributed by atoms with Crippen molar-refractivity contribution in [3.8, 4) is 0 Å². The Labute approximate surface area is 133 Å². The standard InChI is InChI=1S/C15H18FN5O2/c1-3-20(8-9-22)15(23)14(21-11(2)17-18-19-21)10-12-4-6-13(16)7-5-12/h4-7,10,22H,3,8-9H2,1-2H3/b14-10-. The zero-order chi connectivity index (χ0) is 16.8. The number of aliphatic hydroxyl groups is 1. The van der Waals surface area contributed by atoms with E-state index in [1.807, 2.05) is 6.92 Å². The van der Waals surface area contributed by atoms with Crippen molar-refractivity contribution in [2.24, 2.45) is 0 Å². The Morgan fingerprint density at radius 2 is 2.09 bits per heavy atom. The van der Waals surface area contributed by atoms with Gasteiger partial charge < -0.3 is 10.0 Å². The van der Waals surface area contributed by atoms with Crippen LogP contribution in [0, 0.1) is 12.7 Å². The third kappa shape index (κ3) is 3.98. The minimum atomic E-state index is -0.357. The molecule has 0 saturated carbocycles. The van der Waals surface area contributed by atoms with E-state index in [1.54, 1.807) is 25.1 Å². The second kappa shape index (κ2) is 7.59. The first-order valence-corrected chi connectivity index (χ1v) is 7.19. The minimum Gasteiger partial charge on any atom is -0.395 e. The van der Waals surface area contributed by atoms with Crippen LogP contribution >= 0.6 is 0 Å². The van der Waals surface area contributed by atoms with E-state index in [0.717, 1.165) is 0 Å². The zero-order valence-corrected chi connectivity index (χ0v) is 13.0. The van der Waals surface area contributed by atoms with E-state index in [2.05, 4.69) is 15.5 Å². The van der Waals surface area contributed by atoms with E-state index in [-0.39, 0.29) is 30.6 Å². The summed E-state index contributed by atoms with van der Waals surface area (Å²) in [6.45, 7) is 3.99. The number of amides is 1. The Morgan fingerprint density at radius 1 is 1.39 bits per heavy atom. The quantitative estimate of drug-likeness (QED) is 0.802. The van der Waals surface area contributed by atoms with Gasteiger partial charge in [-0.1, -0.05) is 12.1 Å². The van der Waals surface area contributed by atoms with Gasteiger partial charge in [-0.15, -0.1) is 5.10 Å². The number of tetrazole rings is 1. The molecule has 8 heteroatoms. The molecule has 7 nitrogen and oxygen atoms in total. The molecular weight excluding hydrogens is 301 g/mol. The Kier molecular flexibility index (Phi) is 5.53. The summed E-state index contributed by atoms with van der Waals surface area (Å²) in [7, 11) is 0. The lowest BCUT2D eigenvalue weighted by molar-refractivity contribution is -0.125. The van der Waals surface area contributed by atoms with E-state index in [9.17, 15) is 9.18 Å². The first-order valence-electron chi connectivity index (χ1n) is 7.19. The van der Waals surface area contributed by atoms with Gasteiger partial charge in [-0.25, -0.2) is 4.39 Å². The molecule has 1 N–H and O–H groups in total. The number of hydrogen-bond donors (Lipinski definition) is 1. The number of halogens is 1. The van der Waals surface area contributed by atoms with Gasteiger partial charge in [0.1, 0.15) is 11.5 Å². The number of carbonyl (C=O) groups excluding carboxylic acids is 1. The van der Waals surface area contributed by atoms with E-state index in [1.165, 1.54) is 21.7 Å². The van der Waals surface area contributed by atoms with Crippen LogP contribution in [0.4, 0.5) is 4.39 Å². The summed E-state index contributed by atoms with van der Waals surface area (Å²) in [6.07, 6.45) is 1.59. The largest absolute Gasteiger partial charge is 0.395 e. The molecule has 0 aliphatic heterocycles. The SMILES string of the molecule is CCN(CCO)C(=O)/C(=C/c1ccc(F)cc1)n1nnnc1C. The van der Waals surface area contributed by atoms with E-state index in [0.29, 0.717) is 17.9 Å². The number of carbonyl (C=O) groups is 1. The molecule has 23 heavy (non-hydrogen) atoms. The number of benzene rings is 1. The third-order valence-corrected chi connectivity index (χ3v) is 3.28. The van der Waals surface area contributed by atoms with Gasteiger partial charge in [-0.2, -0.15) is 4.68 Å². The lowest BCUT2D eigenvalue weighted by Crippen LogP contribution is -2.35. The van der Waals surface area contributed by atoms with Crippen molar-refractivity contribution >= 4 is 17.7 Å². The molecular formula is C15H18FN5O2. The molecule has 0 saturated heterocycles. The van der Waals surface area contributed by atoms with Crippen molar-refractivity contribution in [2.45, 2.75) is 13.8 Å². The predicted octanol–water partition coefficient (Wildman–Crippen LogP) is 0.960. The number of aromatic nitrogens is 4. The van der Waals surface area contributed by atoms with Crippen LogP contribution in [0.1, 0.15) is 18.3 Å². The molecule has 1 aromatic heterocycles.